The van der Waals surface area contributed by atoms with Gasteiger partial charge in [-0.3, -0.25) is 15.0 Å². The molecule has 1 atom stereocenters. The SMILES string of the molecule is Cc1ccc(Cl)cc1N1CCN(CC(O)COc2ccc([N+](=O)[O-])cc2)CC1.Cl. The average molecular weight is 442 g/mol. The predicted molar refractivity (Wildman–Crippen MR) is 117 cm³/mol. The highest BCUT2D eigenvalue weighted by Crippen LogP contribution is 2.25. The van der Waals surface area contributed by atoms with Crippen molar-refractivity contribution in [2.45, 2.75) is 13.0 Å². The number of aliphatic hydroxyl groups is 1. The molecule has 3 rings (SSSR count). The minimum Gasteiger partial charge on any atom is -0.491 e. The van der Waals surface area contributed by atoms with E-state index in [9.17, 15) is 15.2 Å². The van der Waals surface area contributed by atoms with Gasteiger partial charge in [0.1, 0.15) is 18.5 Å². The summed E-state index contributed by atoms with van der Waals surface area (Å²) in [5.74, 6) is 0.505. The third-order valence-corrected chi connectivity index (χ3v) is 5.08. The first-order chi connectivity index (χ1) is 13.4. The Morgan fingerprint density at radius 3 is 2.45 bits per heavy atom. The highest BCUT2D eigenvalue weighted by molar-refractivity contribution is 6.30. The Morgan fingerprint density at radius 2 is 1.83 bits per heavy atom. The summed E-state index contributed by atoms with van der Waals surface area (Å²) in [7, 11) is 0. The first-order valence-corrected chi connectivity index (χ1v) is 9.59. The van der Waals surface area contributed by atoms with Crippen molar-refractivity contribution in [1.82, 2.24) is 4.90 Å². The minimum atomic E-state index is -0.630. The molecule has 1 unspecified atom stereocenters. The van der Waals surface area contributed by atoms with Crippen molar-refractivity contribution >= 4 is 35.4 Å². The molecule has 1 N–H and O–H groups in total. The zero-order chi connectivity index (χ0) is 20.1. The lowest BCUT2D eigenvalue weighted by Gasteiger charge is -2.37. The second-order valence-electron chi connectivity index (χ2n) is 6.93. The van der Waals surface area contributed by atoms with E-state index in [1.807, 2.05) is 18.2 Å². The third kappa shape index (κ3) is 6.47. The van der Waals surface area contributed by atoms with Crippen LogP contribution in [0.4, 0.5) is 11.4 Å². The molecule has 2 aromatic carbocycles. The molecule has 7 nitrogen and oxygen atoms in total. The van der Waals surface area contributed by atoms with Crippen LogP contribution in [0.15, 0.2) is 42.5 Å². The molecule has 0 aliphatic carbocycles. The van der Waals surface area contributed by atoms with Gasteiger partial charge in [-0.25, -0.2) is 0 Å². The van der Waals surface area contributed by atoms with Gasteiger partial charge in [-0.2, -0.15) is 0 Å². The summed E-state index contributed by atoms with van der Waals surface area (Å²) in [6, 6.07) is 11.8. The Labute approximate surface area is 181 Å². The molecular weight excluding hydrogens is 417 g/mol. The van der Waals surface area contributed by atoms with Crippen LogP contribution >= 0.6 is 24.0 Å². The van der Waals surface area contributed by atoms with Crippen LogP contribution in [0.2, 0.25) is 5.02 Å². The standard InChI is InChI=1S/C20H24ClN3O4.ClH/c1-15-2-3-16(21)12-20(15)23-10-8-22(9-11-23)13-18(25)14-28-19-6-4-17(5-7-19)24(26)27;/h2-7,12,18,25H,8-11,13-14H2,1H3;1H. The van der Waals surface area contributed by atoms with E-state index in [4.69, 9.17) is 16.3 Å². The quantitative estimate of drug-likeness (QED) is 0.522. The van der Waals surface area contributed by atoms with Crippen LogP contribution in [-0.2, 0) is 0 Å². The number of anilines is 1. The average Bonchev–Trinajstić information content (AvgIpc) is 2.69. The van der Waals surface area contributed by atoms with Crippen LogP contribution in [0.25, 0.3) is 0 Å². The van der Waals surface area contributed by atoms with E-state index in [0.717, 1.165) is 36.9 Å². The number of nitrogens with zero attached hydrogens (tertiary/aromatic N) is 3. The van der Waals surface area contributed by atoms with Crippen LogP contribution in [0.3, 0.4) is 0 Å². The Morgan fingerprint density at radius 1 is 1.17 bits per heavy atom. The second kappa shape index (κ2) is 10.6. The normalized spacial score (nSPS) is 15.5. The van der Waals surface area contributed by atoms with Gasteiger partial charge in [0.15, 0.2) is 0 Å². The van der Waals surface area contributed by atoms with Gasteiger partial charge in [0, 0.05) is 55.6 Å². The molecular formula is C20H25Cl2N3O4. The van der Waals surface area contributed by atoms with Gasteiger partial charge in [0.25, 0.3) is 5.69 Å². The van der Waals surface area contributed by atoms with Crippen molar-refractivity contribution in [2.75, 3.05) is 44.2 Å². The number of hydrogen-bond donors (Lipinski definition) is 1. The highest BCUT2D eigenvalue weighted by Gasteiger charge is 2.21. The first kappa shape index (κ1) is 23.2. The Balaban J connectivity index is 0.00000300. The molecule has 1 aliphatic rings. The van der Waals surface area contributed by atoms with Crippen LogP contribution in [0, 0.1) is 17.0 Å². The molecule has 158 valence electrons. The molecule has 29 heavy (non-hydrogen) atoms. The number of nitro groups is 1. The number of ether oxygens (including phenoxy) is 1. The zero-order valence-corrected chi connectivity index (χ0v) is 17.7. The summed E-state index contributed by atoms with van der Waals surface area (Å²) in [6.45, 7) is 6.19. The maximum absolute atomic E-state index is 10.7. The fraction of sp³-hybridized carbons (Fsp3) is 0.400. The Hall–Kier alpha value is -2.06. The van der Waals surface area contributed by atoms with Crippen molar-refractivity contribution in [2.24, 2.45) is 0 Å². The van der Waals surface area contributed by atoms with Crippen molar-refractivity contribution in [1.29, 1.82) is 0 Å². The van der Waals surface area contributed by atoms with Gasteiger partial charge in [-0.15, -0.1) is 12.4 Å². The molecule has 9 heteroatoms. The van der Waals surface area contributed by atoms with Gasteiger partial charge in [-0.1, -0.05) is 17.7 Å². The minimum absolute atomic E-state index is 0. The van der Waals surface area contributed by atoms with Crippen LogP contribution < -0.4 is 9.64 Å². The number of benzene rings is 2. The number of non-ortho nitro benzene ring substituents is 1. The molecule has 1 heterocycles. The summed E-state index contributed by atoms with van der Waals surface area (Å²) in [6.07, 6.45) is -0.630. The van der Waals surface area contributed by atoms with Crippen LogP contribution in [-0.4, -0.2) is 60.4 Å². The highest BCUT2D eigenvalue weighted by atomic mass is 35.5. The lowest BCUT2D eigenvalue weighted by molar-refractivity contribution is -0.384. The van der Waals surface area contributed by atoms with Crippen molar-refractivity contribution in [3.05, 3.63) is 63.2 Å². The number of aliphatic hydroxyl groups excluding tert-OH is 1. The molecule has 1 fully saturated rings. The van der Waals surface area contributed by atoms with E-state index in [-0.39, 0.29) is 24.7 Å². The third-order valence-electron chi connectivity index (χ3n) is 4.84. The maximum Gasteiger partial charge on any atom is 0.269 e. The fourth-order valence-electron chi connectivity index (χ4n) is 3.30. The summed E-state index contributed by atoms with van der Waals surface area (Å²) in [5.41, 5.74) is 2.38. The van der Waals surface area contributed by atoms with Gasteiger partial charge >= 0.3 is 0 Å². The van der Waals surface area contributed by atoms with E-state index < -0.39 is 11.0 Å². The molecule has 0 spiro atoms. The van der Waals surface area contributed by atoms with E-state index in [2.05, 4.69) is 16.7 Å². The van der Waals surface area contributed by atoms with Crippen LogP contribution in [0.1, 0.15) is 5.56 Å². The van der Waals surface area contributed by atoms with E-state index in [0.29, 0.717) is 12.3 Å². The molecule has 0 saturated carbocycles. The summed E-state index contributed by atoms with van der Waals surface area (Å²) >= 11 is 6.13. The van der Waals surface area contributed by atoms with Gasteiger partial charge in [0.2, 0.25) is 0 Å². The number of rotatable bonds is 7. The molecule has 0 aromatic heterocycles. The van der Waals surface area contributed by atoms with Crippen molar-refractivity contribution in [3.8, 4) is 5.75 Å². The van der Waals surface area contributed by atoms with E-state index >= 15 is 0 Å². The summed E-state index contributed by atoms with van der Waals surface area (Å²) in [4.78, 5) is 14.7. The molecule has 1 aliphatic heterocycles. The number of hydrogen-bond acceptors (Lipinski definition) is 6. The van der Waals surface area contributed by atoms with Crippen molar-refractivity contribution < 1.29 is 14.8 Å². The monoisotopic (exact) mass is 441 g/mol. The predicted octanol–water partition coefficient (Wildman–Crippen LogP) is 3.54. The zero-order valence-electron chi connectivity index (χ0n) is 16.2. The number of nitro benzene ring substituents is 1. The maximum atomic E-state index is 10.7. The topological polar surface area (TPSA) is 79.1 Å². The Bertz CT molecular complexity index is 812. The largest absolute Gasteiger partial charge is 0.491 e. The molecule has 1 saturated heterocycles. The van der Waals surface area contributed by atoms with E-state index in [1.165, 1.54) is 29.8 Å². The lowest BCUT2D eigenvalue weighted by atomic mass is 10.1. The number of halogens is 2. The van der Waals surface area contributed by atoms with Crippen LogP contribution in [0.5, 0.6) is 5.75 Å². The van der Waals surface area contributed by atoms with Gasteiger partial charge < -0.3 is 14.7 Å². The smallest absolute Gasteiger partial charge is 0.269 e. The van der Waals surface area contributed by atoms with Gasteiger partial charge in [-0.05, 0) is 36.8 Å². The number of β-amino-alcohol motifs (C(OH)–C–C–N with tert-alkyl or cyclic N) is 1. The fourth-order valence-corrected chi connectivity index (χ4v) is 3.47. The first-order valence-electron chi connectivity index (χ1n) is 9.21. The molecule has 0 amide bonds. The summed E-state index contributed by atoms with van der Waals surface area (Å²) < 4.78 is 5.54. The number of piperazine rings is 1. The Kier molecular flexibility index (Phi) is 8.52. The second-order valence-corrected chi connectivity index (χ2v) is 7.37. The molecule has 2 aromatic rings. The van der Waals surface area contributed by atoms with Gasteiger partial charge in [0.05, 0.1) is 4.92 Å². The summed E-state index contributed by atoms with van der Waals surface area (Å²) in [5, 5.41) is 21.7. The number of aryl methyl sites for hydroxylation is 1. The van der Waals surface area contributed by atoms with E-state index in [1.54, 1.807) is 0 Å². The molecule has 0 radical (unpaired) electrons. The lowest BCUT2D eigenvalue weighted by Crippen LogP contribution is -2.49. The van der Waals surface area contributed by atoms with Crippen molar-refractivity contribution in [3.63, 3.8) is 0 Å². The molecule has 0 bridgehead atoms.